The zero-order chi connectivity index (χ0) is 70.4. The molecule has 0 N–H and O–H groups in total. The van der Waals surface area contributed by atoms with E-state index in [0.29, 0.717) is 0 Å². The summed E-state index contributed by atoms with van der Waals surface area (Å²) in [5, 5.41) is 7.49. The van der Waals surface area contributed by atoms with Crippen molar-refractivity contribution in [2.45, 2.75) is 0 Å². The number of nitrogens with zero attached hydrogens (tertiary/aromatic N) is 4. The van der Waals surface area contributed by atoms with Crippen LogP contribution in [0.1, 0.15) is 0 Å². The molecule has 0 radical (unpaired) electrons. The van der Waals surface area contributed by atoms with E-state index in [1.54, 1.807) is 0 Å². The average Bonchev–Trinajstić information content (AvgIpc) is 0.665. The van der Waals surface area contributed by atoms with Gasteiger partial charge < -0.3 is 24.3 Å². The summed E-state index contributed by atoms with van der Waals surface area (Å²) in [4.78, 5) is 10.5. The van der Waals surface area contributed by atoms with Gasteiger partial charge in [0.1, 0.15) is 11.5 Å². The maximum Gasteiger partial charge on any atom is 0.256 e. The Morgan fingerprint density at radius 2 is 0.639 bits per heavy atom. The van der Waals surface area contributed by atoms with Crippen LogP contribution in [0.15, 0.2) is 370 Å². The van der Waals surface area contributed by atoms with E-state index < -0.39 is 0 Å². The molecule has 18 aromatic rings. The molecule has 0 atom stereocenters. The second-order valence-corrected chi connectivity index (χ2v) is 29.7. The molecule has 0 unspecified atom stereocenters. The summed E-state index contributed by atoms with van der Waals surface area (Å²) in [7, 11) is 0. The number of anilines is 12. The molecule has 0 fully saturated rings. The molecule has 108 heavy (non-hydrogen) atoms. The maximum atomic E-state index is 8.15. The first-order valence-electron chi connectivity index (χ1n) is 37.6. The standard InChI is InChI=1S/C100H61B3N4O/c1-6-26-62(27-7-1)69-54-70(63-28-8-2-9-29-63)56-73(55-69)105-85-45-21-17-41-79(85)103-83-59-82-88(61-92(83)108-93-58-71(57-89(105)96(93)103)74-52-50-68-49-48-66-34-24-35-67-51-53-77(74)95(68)94(66)67)107(99-75(64-30-10-3-11-31-64)38-25-39-76(99)65-32-12-4-13-33-65)91-60-90-97-100-98(91)102(82)81-43-19-23-47-87(81)106(100)86-46-22-18-42-80(86)101(97)78-40-16-20-44-84(78)104(90)72-36-14-5-15-37-72/h1-61H. The van der Waals surface area contributed by atoms with E-state index >= 15 is 0 Å². The van der Waals surface area contributed by atoms with Crippen LogP contribution in [0.3, 0.4) is 0 Å². The predicted octanol–water partition coefficient (Wildman–Crippen LogP) is 20.0. The fourth-order valence-corrected chi connectivity index (χ4v) is 19.8. The summed E-state index contributed by atoms with van der Waals surface area (Å²) in [6, 6.07) is 139. The van der Waals surface area contributed by atoms with Gasteiger partial charge in [0, 0.05) is 79.8 Å². The lowest BCUT2D eigenvalue weighted by molar-refractivity contribution is 0.488. The molecule has 0 amide bonds. The molecule has 18 aromatic carbocycles. The molecule has 8 heteroatoms. The highest BCUT2D eigenvalue weighted by Crippen LogP contribution is 2.55. The minimum absolute atomic E-state index is 0.0712. The van der Waals surface area contributed by atoms with Gasteiger partial charge in [-0.15, -0.1) is 0 Å². The van der Waals surface area contributed by atoms with Gasteiger partial charge in [-0.1, -0.05) is 291 Å². The molecule has 0 spiro atoms. The molecule has 5 nitrogen and oxygen atoms in total. The minimum Gasteiger partial charge on any atom is -0.458 e. The van der Waals surface area contributed by atoms with Crippen LogP contribution in [0.5, 0.6) is 11.5 Å². The Balaban J connectivity index is 0.821. The van der Waals surface area contributed by atoms with Crippen LogP contribution in [0.25, 0.3) is 88.0 Å². The molecule has 0 saturated carbocycles. The molecular weight excluding hydrogens is 1310 g/mol. The Bertz CT molecular complexity index is 6690. The van der Waals surface area contributed by atoms with Crippen LogP contribution in [-0.2, 0) is 0 Å². The van der Waals surface area contributed by atoms with Crippen molar-refractivity contribution >= 4 is 170 Å². The Morgan fingerprint density at radius 1 is 0.204 bits per heavy atom. The highest BCUT2D eigenvalue weighted by Gasteiger charge is 2.53. The molecule has 0 aromatic heterocycles. The van der Waals surface area contributed by atoms with E-state index in [1.807, 2.05) is 0 Å². The lowest BCUT2D eigenvalue weighted by Crippen LogP contribution is -2.69. The van der Waals surface area contributed by atoms with Gasteiger partial charge in [-0.25, -0.2) is 0 Å². The highest BCUT2D eigenvalue weighted by atomic mass is 16.5. The number of ether oxygens (including phenoxy) is 1. The van der Waals surface area contributed by atoms with Gasteiger partial charge in [-0.3, -0.25) is 0 Å². The minimum atomic E-state index is -0.256. The summed E-state index contributed by atoms with van der Waals surface area (Å²) < 4.78 is 8.15. The highest BCUT2D eigenvalue weighted by molar-refractivity contribution is 7.05. The van der Waals surface area contributed by atoms with E-state index in [0.717, 1.165) is 124 Å². The van der Waals surface area contributed by atoms with E-state index in [-0.39, 0.29) is 20.1 Å². The third kappa shape index (κ3) is 8.45. The maximum absolute atomic E-state index is 8.15. The average molecular weight is 1370 g/mol. The van der Waals surface area contributed by atoms with Crippen molar-refractivity contribution in [3.05, 3.63) is 370 Å². The molecule has 0 aliphatic carbocycles. The summed E-state index contributed by atoms with van der Waals surface area (Å²) in [6.07, 6.45) is 0. The van der Waals surface area contributed by atoms with Gasteiger partial charge in [0.15, 0.2) is 0 Å². The molecule has 24 rings (SSSR count). The van der Waals surface area contributed by atoms with Crippen molar-refractivity contribution in [1.82, 2.24) is 0 Å². The summed E-state index contributed by atoms with van der Waals surface area (Å²) in [5.41, 5.74) is 36.1. The van der Waals surface area contributed by atoms with Crippen LogP contribution < -0.4 is 73.5 Å². The first kappa shape index (κ1) is 59.6. The smallest absolute Gasteiger partial charge is 0.256 e. The largest absolute Gasteiger partial charge is 0.458 e. The van der Waals surface area contributed by atoms with Gasteiger partial charge in [0.2, 0.25) is 0 Å². The molecule has 6 aliphatic rings. The Labute approximate surface area is 627 Å². The van der Waals surface area contributed by atoms with Crippen molar-refractivity contribution in [2.75, 3.05) is 19.6 Å². The molecule has 496 valence electrons. The number of rotatable bonds is 8. The van der Waals surface area contributed by atoms with Gasteiger partial charge in [0.25, 0.3) is 20.1 Å². The Hall–Kier alpha value is -13.8. The first-order chi connectivity index (χ1) is 53.6. The third-order valence-corrected chi connectivity index (χ3v) is 24.1. The zero-order valence-corrected chi connectivity index (χ0v) is 58.6. The van der Waals surface area contributed by atoms with Crippen LogP contribution in [-0.4, -0.2) is 20.1 Å². The number of hydrogen-bond acceptors (Lipinski definition) is 5. The Kier molecular flexibility index (Phi) is 12.6. The monoisotopic (exact) mass is 1370 g/mol. The number of fused-ring (bicyclic) bond motifs is 14. The van der Waals surface area contributed by atoms with Crippen molar-refractivity contribution in [2.24, 2.45) is 0 Å². The molecule has 0 bridgehead atoms. The number of hydrogen-bond donors (Lipinski definition) is 0. The quantitative estimate of drug-likeness (QED) is 0.111. The van der Waals surface area contributed by atoms with E-state index in [2.05, 4.69) is 390 Å². The zero-order valence-electron chi connectivity index (χ0n) is 58.6. The lowest BCUT2D eigenvalue weighted by atomic mass is 9.28. The van der Waals surface area contributed by atoms with E-state index in [9.17, 15) is 0 Å². The van der Waals surface area contributed by atoms with Crippen molar-refractivity contribution < 1.29 is 4.74 Å². The van der Waals surface area contributed by atoms with Crippen LogP contribution >= 0.6 is 0 Å². The van der Waals surface area contributed by atoms with Crippen LogP contribution in [0, 0.1) is 0 Å². The van der Waals surface area contributed by atoms with E-state index in [1.165, 1.54) is 93.3 Å². The number of para-hydroxylation sites is 6. The fraction of sp³-hybridized carbons (Fsp3) is 0. The number of benzene rings is 18. The topological polar surface area (TPSA) is 22.2 Å². The summed E-state index contributed by atoms with van der Waals surface area (Å²) in [5.74, 6) is 1.67. The molecule has 0 saturated heterocycles. The summed E-state index contributed by atoms with van der Waals surface area (Å²) >= 11 is 0. The van der Waals surface area contributed by atoms with Gasteiger partial charge in [-0.2, -0.15) is 0 Å². The van der Waals surface area contributed by atoms with Gasteiger partial charge in [-0.05, 0) is 199 Å². The first-order valence-corrected chi connectivity index (χ1v) is 37.6. The molecule has 6 heterocycles. The summed E-state index contributed by atoms with van der Waals surface area (Å²) in [6.45, 7) is -0.557. The predicted molar refractivity (Wildman–Crippen MR) is 457 cm³/mol. The normalized spacial score (nSPS) is 13.5. The van der Waals surface area contributed by atoms with Crippen LogP contribution in [0.2, 0.25) is 0 Å². The molecule has 6 aliphatic heterocycles. The van der Waals surface area contributed by atoms with Crippen LogP contribution in [0.4, 0.5) is 68.2 Å². The third-order valence-electron chi connectivity index (χ3n) is 24.1. The molecular formula is C100H61B3N4O. The van der Waals surface area contributed by atoms with Gasteiger partial charge in [0.05, 0.1) is 5.69 Å². The Morgan fingerprint density at radius 3 is 1.21 bits per heavy atom. The van der Waals surface area contributed by atoms with Crippen molar-refractivity contribution in [3.63, 3.8) is 0 Å². The lowest BCUT2D eigenvalue weighted by Gasteiger charge is -2.51. The van der Waals surface area contributed by atoms with Crippen molar-refractivity contribution in [1.29, 1.82) is 0 Å². The SMILES string of the molecule is c1ccc(-c2cc(-c3ccccc3)cc(N3c4ccccc4B4c5cc6c(cc5Oc5cc(-c7ccc8ccc9cccc%10ccc7c8c9%10)cc3c54)N(c3c(-c4ccccc4)cccc3-c3ccccc3)c3cc4c5c7c3B6c3ccccc3N7c3ccccc3B5c3ccccc3N4c3ccccc3)c2)cc1. The van der Waals surface area contributed by atoms with Gasteiger partial charge >= 0.3 is 0 Å². The fourth-order valence-electron chi connectivity index (χ4n) is 19.8. The van der Waals surface area contributed by atoms with Crippen molar-refractivity contribution in [3.8, 4) is 67.1 Å². The second kappa shape index (κ2) is 22.8. The van der Waals surface area contributed by atoms with E-state index in [4.69, 9.17) is 4.74 Å². The second-order valence-electron chi connectivity index (χ2n) is 29.7.